The predicted octanol–water partition coefficient (Wildman–Crippen LogP) is 1.94. The normalized spacial score (nSPS) is 19.7. The largest absolute Gasteiger partial charge is 0.465 e. The average Bonchev–Trinajstić information content (AvgIpc) is 2.46. The van der Waals surface area contributed by atoms with Crippen molar-refractivity contribution in [3.63, 3.8) is 0 Å². The van der Waals surface area contributed by atoms with Crippen LogP contribution in [0.25, 0.3) is 0 Å². The number of nitrogens with zero attached hydrogens (tertiary/aromatic N) is 2. The molecule has 114 valence electrons. The zero-order valence-corrected chi connectivity index (χ0v) is 13.0. The molecule has 1 aliphatic rings. The maximum absolute atomic E-state index is 12.5. The molecule has 1 atom stereocenters. The number of halogens is 1. The minimum Gasteiger partial charge on any atom is -0.465 e. The van der Waals surface area contributed by atoms with Crippen LogP contribution in [0.3, 0.4) is 0 Å². The van der Waals surface area contributed by atoms with Crippen LogP contribution < -0.4 is 4.90 Å². The summed E-state index contributed by atoms with van der Waals surface area (Å²) in [6, 6.07) is 6.90. The number of ether oxygens (including phenoxy) is 1. The number of hydrogen-bond acceptors (Lipinski definition) is 4. The first-order valence-electron chi connectivity index (χ1n) is 7.00. The van der Waals surface area contributed by atoms with Gasteiger partial charge in [0.05, 0.1) is 29.9 Å². The van der Waals surface area contributed by atoms with Gasteiger partial charge in [0.25, 0.3) is 0 Å². The Morgan fingerprint density at radius 2 is 2.10 bits per heavy atom. The zero-order chi connectivity index (χ0) is 15.4. The van der Waals surface area contributed by atoms with Crippen molar-refractivity contribution in [3.05, 3.63) is 29.3 Å². The zero-order valence-electron chi connectivity index (χ0n) is 12.2. The third-order valence-corrected chi connectivity index (χ3v) is 3.88. The molecule has 21 heavy (non-hydrogen) atoms. The monoisotopic (exact) mass is 310 g/mol. The van der Waals surface area contributed by atoms with Crippen LogP contribution in [-0.4, -0.2) is 49.1 Å². The Hall–Kier alpha value is -1.59. The number of carbonyl (C=O) groups is 2. The van der Waals surface area contributed by atoms with Gasteiger partial charge in [-0.3, -0.25) is 14.5 Å². The molecule has 1 aliphatic heterocycles. The molecule has 2 rings (SSSR count). The standard InChI is InChI=1S/C15H19ClN2O3/c1-3-21-14(19)10-17-8-9-18(15(20)11(17)2)13-7-5-4-6-12(13)16/h4-7,11H,3,8-10H2,1-2H3/t11-/m1/s1. The highest BCUT2D eigenvalue weighted by molar-refractivity contribution is 6.33. The molecule has 1 saturated heterocycles. The van der Waals surface area contributed by atoms with Crippen molar-refractivity contribution < 1.29 is 14.3 Å². The number of anilines is 1. The van der Waals surface area contributed by atoms with E-state index >= 15 is 0 Å². The van der Waals surface area contributed by atoms with E-state index in [9.17, 15) is 9.59 Å². The molecule has 0 aliphatic carbocycles. The lowest BCUT2D eigenvalue weighted by atomic mass is 10.1. The number of esters is 1. The predicted molar refractivity (Wildman–Crippen MR) is 81.5 cm³/mol. The third kappa shape index (κ3) is 3.54. The smallest absolute Gasteiger partial charge is 0.320 e. The highest BCUT2D eigenvalue weighted by atomic mass is 35.5. The van der Waals surface area contributed by atoms with Gasteiger partial charge < -0.3 is 9.64 Å². The highest BCUT2D eigenvalue weighted by Crippen LogP contribution is 2.27. The molecule has 5 nitrogen and oxygen atoms in total. The van der Waals surface area contributed by atoms with E-state index in [0.717, 1.165) is 0 Å². The number of para-hydroxylation sites is 1. The van der Waals surface area contributed by atoms with E-state index in [1.54, 1.807) is 24.8 Å². The fourth-order valence-electron chi connectivity index (χ4n) is 2.41. The summed E-state index contributed by atoms with van der Waals surface area (Å²) in [4.78, 5) is 27.6. The average molecular weight is 311 g/mol. The van der Waals surface area contributed by atoms with Gasteiger partial charge in [-0.15, -0.1) is 0 Å². The maximum atomic E-state index is 12.5. The van der Waals surface area contributed by atoms with E-state index in [4.69, 9.17) is 16.3 Å². The van der Waals surface area contributed by atoms with E-state index in [1.165, 1.54) is 0 Å². The molecule has 1 aromatic carbocycles. The van der Waals surface area contributed by atoms with Crippen molar-refractivity contribution >= 4 is 29.2 Å². The lowest BCUT2D eigenvalue weighted by Gasteiger charge is -2.38. The van der Waals surface area contributed by atoms with E-state index in [1.807, 2.05) is 23.1 Å². The van der Waals surface area contributed by atoms with E-state index in [0.29, 0.717) is 30.4 Å². The molecule has 1 heterocycles. The number of carbonyl (C=O) groups excluding carboxylic acids is 2. The fraction of sp³-hybridized carbons (Fsp3) is 0.467. The number of benzene rings is 1. The van der Waals surface area contributed by atoms with Crippen molar-refractivity contribution in [2.45, 2.75) is 19.9 Å². The van der Waals surface area contributed by atoms with E-state index in [2.05, 4.69) is 0 Å². The number of amides is 1. The lowest BCUT2D eigenvalue weighted by molar-refractivity contribution is -0.145. The Balaban J connectivity index is 2.08. The van der Waals surface area contributed by atoms with Gasteiger partial charge in [0.15, 0.2) is 0 Å². The molecule has 1 amide bonds. The first-order chi connectivity index (χ1) is 10.0. The summed E-state index contributed by atoms with van der Waals surface area (Å²) in [6.45, 7) is 5.16. The van der Waals surface area contributed by atoms with Crippen LogP contribution in [0, 0.1) is 0 Å². The van der Waals surface area contributed by atoms with Gasteiger partial charge in [-0.25, -0.2) is 0 Å². The van der Waals surface area contributed by atoms with Crippen LogP contribution in [0.4, 0.5) is 5.69 Å². The second-order valence-electron chi connectivity index (χ2n) is 4.89. The highest BCUT2D eigenvalue weighted by Gasteiger charge is 2.34. The van der Waals surface area contributed by atoms with E-state index in [-0.39, 0.29) is 24.5 Å². The van der Waals surface area contributed by atoms with Crippen LogP contribution >= 0.6 is 11.6 Å². The first-order valence-corrected chi connectivity index (χ1v) is 7.38. The summed E-state index contributed by atoms with van der Waals surface area (Å²) in [5.74, 6) is -0.359. The molecule has 0 saturated carbocycles. The molecule has 0 N–H and O–H groups in total. The van der Waals surface area contributed by atoms with Gasteiger partial charge in [0.1, 0.15) is 0 Å². The van der Waals surface area contributed by atoms with Crippen LogP contribution in [-0.2, 0) is 14.3 Å². The molecule has 0 aromatic heterocycles. The summed E-state index contributed by atoms with van der Waals surface area (Å²) in [5.41, 5.74) is 0.715. The summed E-state index contributed by atoms with van der Waals surface area (Å²) in [5, 5.41) is 0.553. The Morgan fingerprint density at radius 1 is 1.38 bits per heavy atom. The summed E-state index contributed by atoms with van der Waals surface area (Å²) >= 11 is 6.15. The SMILES string of the molecule is CCOC(=O)CN1CCN(c2ccccc2Cl)C(=O)[C@H]1C. The summed E-state index contributed by atoms with van der Waals surface area (Å²) in [7, 11) is 0. The Kier molecular flexibility index (Phi) is 5.20. The molecule has 0 unspecified atom stereocenters. The number of rotatable bonds is 4. The summed E-state index contributed by atoms with van der Waals surface area (Å²) < 4.78 is 4.93. The maximum Gasteiger partial charge on any atom is 0.320 e. The number of piperazine rings is 1. The second-order valence-corrected chi connectivity index (χ2v) is 5.30. The minimum absolute atomic E-state index is 0.0568. The van der Waals surface area contributed by atoms with Crippen LogP contribution in [0.2, 0.25) is 5.02 Å². The van der Waals surface area contributed by atoms with Gasteiger partial charge in [0, 0.05) is 13.1 Å². The second kappa shape index (κ2) is 6.91. The Bertz CT molecular complexity index is 535. The van der Waals surface area contributed by atoms with Crippen LogP contribution in [0.15, 0.2) is 24.3 Å². The molecule has 0 radical (unpaired) electrons. The molecular formula is C15H19ClN2O3. The lowest BCUT2D eigenvalue weighted by Crippen LogP contribution is -2.57. The van der Waals surface area contributed by atoms with E-state index < -0.39 is 0 Å². The first kappa shape index (κ1) is 15.8. The van der Waals surface area contributed by atoms with Crippen molar-refractivity contribution in [1.29, 1.82) is 0 Å². The van der Waals surface area contributed by atoms with Crippen LogP contribution in [0.5, 0.6) is 0 Å². The molecular weight excluding hydrogens is 292 g/mol. The van der Waals surface area contributed by atoms with Crippen molar-refractivity contribution in [1.82, 2.24) is 4.90 Å². The van der Waals surface area contributed by atoms with Crippen molar-refractivity contribution in [3.8, 4) is 0 Å². The van der Waals surface area contributed by atoms with Gasteiger partial charge in [0.2, 0.25) is 5.91 Å². The molecule has 0 bridgehead atoms. The van der Waals surface area contributed by atoms with Crippen LogP contribution in [0.1, 0.15) is 13.8 Å². The number of hydrogen-bond donors (Lipinski definition) is 0. The van der Waals surface area contributed by atoms with Crippen molar-refractivity contribution in [2.75, 3.05) is 31.1 Å². The third-order valence-electron chi connectivity index (χ3n) is 3.56. The molecule has 6 heteroatoms. The Labute approximate surface area is 129 Å². The summed E-state index contributed by atoms with van der Waals surface area (Å²) in [6.07, 6.45) is 0. The van der Waals surface area contributed by atoms with Gasteiger partial charge in [-0.2, -0.15) is 0 Å². The molecule has 0 spiro atoms. The quantitative estimate of drug-likeness (QED) is 0.798. The fourth-order valence-corrected chi connectivity index (χ4v) is 2.65. The molecule has 1 aromatic rings. The van der Waals surface area contributed by atoms with Gasteiger partial charge in [-0.05, 0) is 26.0 Å². The minimum atomic E-state index is -0.376. The Morgan fingerprint density at radius 3 is 2.76 bits per heavy atom. The molecule has 1 fully saturated rings. The van der Waals surface area contributed by atoms with Gasteiger partial charge >= 0.3 is 5.97 Å². The topological polar surface area (TPSA) is 49.9 Å². The van der Waals surface area contributed by atoms with Crippen molar-refractivity contribution in [2.24, 2.45) is 0 Å². The van der Waals surface area contributed by atoms with Gasteiger partial charge in [-0.1, -0.05) is 23.7 Å².